The molecule has 0 aliphatic heterocycles. The number of carboxylic acids is 1. The van der Waals surface area contributed by atoms with Crippen molar-refractivity contribution in [3.05, 3.63) is 58.4 Å². The molecule has 0 aliphatic rings. The summed E-state index contributed by atoms with van der Waals surface area (Å²) in [7, 11) is 0. The Morgan fingerprint density at radius 1 is 1.06 bits per heavy atom. The number of aliphatic carboxylic acids is 1. The number of carbonyl (C=O) groups is 2. The largest absolute Gasteiger partial charge is 0.573 e. The van der Waals surface area contributed by atoms with Crippen molar-refractivity contribution in [2.75, 3.05) is 0 Å². The summed E-state index contributed by atoms with van der Waals surface area (Å²) in [4.78, 5) is 27.1. The number of hydrogen-bond acceptors (Lipinski definition) is 4. The molecule has 164 valence electrons. The molecule has 0 atom stereocenters. The van der Waals surface area contributed by atoms with Crippen molar-refractivity contribution in [3.63, 3.8) is 0 Å². The molecule has 1 N–H and O–H groups in total. The Morgan fingerprint density at radius 3 is 2.39 bits per heavy atom. The highest BCUT2D eigenvalue weighted by atomic mass is 32.1. The molecular weight excluding hydrogens is 454 g/mol. The third-order valence-electron chi connectivity index (χ3n) is 3.82. The number of carboxylic acid groups (broad SMARTS) is 1. The number of nitrogens with zero attached hydrogens (tertiary/aromatic N) is 2. The molecule has 1 aromatic heterocycles. The Morgan fingerprint density at radius 2 is 1.77 bits per heavy atom. The fourth-order valence-electron chi connectivity index (χ4n) is 2.60. The summed E-state index contributed by atoms with van der Waals surface area (Å²) in [6.45, 7) is -0.686. The van der Waals surface area contributed by atoms with Crippen molar-refractivity contribution in [1.29, 1.82) is 0 Å². The number of thiazole rings is 1. The zero-order valence-corrected chi connectivity index (χ0v) is 15.8. The molecule has 0 saturated heterocycles. The maximum Gasteiger partial charge on any atom is 0.573 e. The zero-order chi connectivity index (χ0) is 23.0. The van der Waals surface area contributed by atoms with E-state index in [4.69, 9.17) is 5.11 Å². The lowest BCUT2D eigenvalue weighted by atomic mass is 10.1. The van der Waals surface area contributed by atoms with Gasteiger partial charge in [-0.1, -0.05) is 17.4 Å². The number of ether oxygens (including phenoxy) is 1. The Balaban J connectivity index is 2.10. The summed E-state index contributed by atoms with van der Waals surface area (Å²) in [5.74, 6) is -2.98. The first-order valence-corrected chi connectivity index (χ1v) is 9.02. The van der Waals surface area contributed by atoms with Gasteiger partial charge in [-0.25, -0.2) is 0 Å². The molecule has 0 unspecified atom stereocenters. The minimum absolute atomic E-state index is 0.124. The number of amides is 1. The lowest BCUT2D eigenvalue weighted by molar-refractivity contribution is -0.274. The van der Waals surface area contributed by atoms with Crippen molar-refractivity contribution < 1.29 is 45.8 Å². The van der Waals surface area contributed by atoms with E-state index in [1.165, 1.54) is 0 Å². The van der Waals surface area contributed by atoms with E-state index in [1.807, 2.05) is 0 Å². The summed E-state index contributed by atoms with van der Waals surface area (Å²) in [5, 5.41) is 9.11. The summed E-state index contributed by atoms with van der Waals surface area (Å²) in [6.07, 6.45) is -9.64. The van der Waals surface area contributed by atoms with Crippen LogP contribution in [-0.2, 0) is 17.5 Å². The van der Waals surface area contributed by atoms with E-state index in [2.05, 4.69) is 9.73 Å². The lowest BCUT2D eigenvalue weighted by Crippen LogP contribution is -2.21. The molecule has 1 amide bonds. The molecular formula is C18H10F6N2O4S. The van der Waals surface area contributed by atoms with Crippen molar-refractivity contribution in [1.82, 2.24) is 4.57 Å². The van der Waals surface area contributed by atoms with Crippen LogP contribution in [0.2, 0.25) is 0 Å². The second-order valence-corrected chi connectivity index (χ2v) is 7.05. The van der Waals surface area contributed by atoms with Gasteiger partial charge in [-0.3, -0.25) is 9.59 Å². The molecule has 0 fully saturated rings. The van der Waals surface area contributed by atoms with E-state index >= 15 is 0 Å². The zero-order valence-electron chi connectivity index (χ0n) is 15.0. The van der Waals surface area contributed by atoms with Crippen LogP contribution in [0.1, 0.15) is 15.9 Å². The van der Waals surface area contributed by atoms with Gasteiger partial charge < -0.3 is 14.4 Å². The van der Waals surface area contributed by atoms with Crippen LogP contribution in [0.15, 0.2) is 47.5 Å². The standard InChI is InChI=1S/C18H10F6N2O4S/c19-17(20,21)10-3-1-2-9(6-10)15(29)25-16-26(8-14(27)28)12-5-4-11(7-13(12)31-16)30-18(22,23)24/h1-7H,8H2,(H,27,28)/b25-16-. The first-order chi connectivity index (χ1) is 14.3. The predicted molar refractivity (Wildman–Crippen MR) is 95.5 cm³/mol. The molecule has 31 heavy (non-hydrogen) atoms. The average molecular weight is 464 g/mol. The first kappa shape index (κ1) is 22.3. The molecule has 2 aromatic carbocycles. The quantitative estimate of drug-likeness (QED) is 0.579. The Hall–Kier alpha value is -3.35. The number of carbonyl (C=O) groups excluding carboxylic acids is 1. The van der Waals surface area contributed by atoms with Gasteiger partial charge in [0.1, 0.15) is 12.3 Å². The molecule has 0 saturated carbocycles. The fraction of sp³-hybridized carbons (Fsp3) is 0.167. The van der Waals surface area contributed by atoms with Crippen molar-refractivity contribution >= 4 is 33.4 Å². The molecule has 0 aliphatic carbocycles. The molecule has 3 rings (SSSR count). The molecule has 0 bridgehead atoms. The maximum atomic E-state index is 12.9. The lowest BCUT2D eigenvalue weighted by Gasteiger charge is -2.08. The van der Waals surface area contributed by atoms with Crippen LogP contribution in [-0.4, -0.2) is 27.9 Å². The maximum absolute atomic E-state index is 12.9. The number of hydrogen-bond donors (Lipinski definition) is 1. The number of alkyl halides is 6. The van der Waals surface area contributed by atoms with E-state index in [0.29, 0.717) is 17.4 Å². The first-order valence-electron chi connectivity index (χ1n) is 8.21. The summed E-state index contributed by atoms with van der Waals surface area (Å²) in [5.41, 5.74) is -1.31. The Labute approximate surface area is 172 Å². The SMILES string of the molecule is O=C(O)Cn1/c(=N/C(=O)c2cccc(C(F)(F)F)c2)sc2cc(OC(F)(F)F)ccc21. The monoisotopic (exact) mass is 464 g/mol. The second kappa shape index (κ2) is 8.06. The molecule has 3 aromatic rings. The van der Waals surface area contributed by atoms with Crippen LogP contribution in [0.5, 0.6) is 5.75 Å². The minimum Gasteiger partial charge on any atom is -0.480 e. The Kier molecular flexibility index (Phi) is 5.81. The molecule has 0 spiro atoms. The topological polar surface area (TPSA) is 80.9 Å². The van der Waals surface area contributed by atoms with E-state index in [0.717, 1.165) is 41.0 Å². The van der Waals surface area contributed by atoms with Gasteiger partial charge in [-0.15, -0.1) is 13.2 Å². The molecule has 1 heterocycles. The normalized spacial score (nSPS) is 12.9. The number of rotatable bonds is 4. The van der Waals surface area contributed by atoms with Crippen LogP contribution >= 0.6 is 11.3 Å². The van der Waals surface area contributed by atoms with Gasteiger partial charge in [-0.05, 0) is 36.4 Å². The van der Waals surface area contributed by atoms with Crippen LogP contribution in [0.3, 0.4) is 0 Å². The van der Waals surface area contributed by atoms with Gasteiger partial charge in [0.25, 0.3) is 5.91 Å². The highest BCUT2D eigenvalue weighted by Crippen LogP contribution is 2.30. The number of halogens is 6. The third-order valence-corrected chi connectivity index (χ3v) is 4.86. The van der Waals surface area contributed by atoms with Crippen LogP contribution in [0.25, 0.3) is 10.2 Å². The predicted octanol–water partition coefficient (Wildman–Crippen LogP) is 4.45. The second-order valence-electron chi connectivity index (χ2n) is 6.04. The number of aromatic nitrogens is 1. The molecule has 6 nitrogen and oxygen atoms in total. The van der Waals surface area contributed by atoms with Crippen molar-refractivity contribution in [2.24, 2.45) is 4.99 Å². The van der Waals surface area contributed by atoms with Gasteiger partial charge >= 0.3 is 18.5 Å². The van der Waals surface area contributed by atoms with Gasteiger partial charge in [-0.2, -0.15) is 18.2 Å². The van der Waals surface area contributed by atoms with Gasteiger partial charge in [0.05, 0.1) is 15.8 Å². The third kappa shape index (κ3) is 5.42. The number of benzene rings is 2. The summed E-state index contributed by atoms with van der Waals surface area (Å²) in [6, 6.07) is 6.58. The molecule has 0 radical (unpaired) electrons. The van der Waals surface area contributed by atoms with Crippen LogP contribution in [0, 0.1) is 0 Å². The van der Waals surface area contributed by atoms with Gasteiger partial charge in [0.15, 0.2) is 4.80 Å². The molecule has 13 heteroatoms. The summed E-state index contributed by atoms with van der Waals surface area (Å²) >= 11 is 0.681. The van der Waals surface area contributed by atoms with Crippen LogP contribution in [0.4, 0.5) is 26.3 Å². The van der Waals surface area contributed by atoms with Crippen molar-refractivity contribution in [2.45, 2.75) is 19.1 Å². The minimum atomic E-state index is -4.95. The van der Waals surface area contributed by atoms with E-state index in [1.54, 1.807) is 0 Å². The van der Waals surface area contributed by atoms with Gasteiger partial charge in [0, 0.05) is 5.56 Å². The average Bonchev–Trinajstić information content (AvgIpc) is 2.95. The van der Waals surface area contributed by atoms with Gasteiger partial charge in [0.2, 0.25) is 0 Å². The summed E-state index contributed by atoms with van der Waals surface area (Å²) < 4.78 is 80.8. The van der Waals surface area contributed by atoms with E-state index in [-0.39, 0.29) is 15.0 Å². The number of fused-ring (bicyclic) bond motifs is 1. The van der Waals surface area contributed by atoms with Crippen LogP contribution < -0.4 is 9.54 Å². The van der Waals surface area contributed by atoms with E-state index in [9.17, 15) is 35.9 Å². The fourth-order valence-corrected chi connectivity index (χ4v) is 3.66. The van der Waals surface area contributed by atoms with Crippen molar-refractivity contribution in [3.8, 4) is 5.75 Å². The highest BCUT2D eigenvalue weighted by molar-refractivity contribution is 7.16. The van der Waals surface area contributed by atoms with E-state index < -0.39 is 47.8 Å². The highest BCUT2D eigenvalue weighted by Gasteiger charge is 2.32. The smallest absolute Gasteiger partial charge is 0.480 e. The Bertz CT molecular complexity index is 1230.